The van der Waals surface area contributed by atoms with Crippen LogP contribution in [0.4, 0.5) is 17.1 Å². The Morgan fingerprint density at radius 3 is 2.38 bits per heavy atom. The summed E-state index contributed by atoms with van der Waals surface area (Å²) < 4.78 is 0. The van der Waals surface area contributed by atoms with Crippen LogP contribution in [-0.2, 0) is 11.2 Å². The third-order valence-corrected chi connectivity index (χ3v) is 5.39. The van der Waals surface area contributed by atoms with Crippen molar-refractivity contribution in [3.8, 4) is 11.8 Å². The van der Waals surface area contributed by atoms with E-state index in [0.29, 0.717) is 13.0 Å². The van der Waals surface area contributed by atoms with Crippen molar-refractivity contribution in [2.24, 2.45) is 0 Å². The number of nitrogens with one attached hydrogen (secondary N) is 2. The lowest BCUT2D eigenvalue weighted by Crippen LogP contribution is -2.43. The van der Waals surface area contributed by atoms with Crippen molar-refractivity contribution in [1.29, 1.82) is 0 Å². The molecule has 4 rings (SSSR count). The first-order chi connectivity index (χ1) is 15.6. The number of nitrogens with zero attached hydrogens (tertiary/aromatic N) is 1. The van der Waals surface area contributed by atoms with Crippen molar-refractivity contribution < 1.29 is 4.79 Å². The van der Waals surface area contributed by atoms with E-state index in [1.165, 1.54) is 0 Å². The molecule has 32 heavy (non-hydrogen) atoms. The Kier molecular flexibility index (Phi) is 6.62. The molecule has 0 aliphatic carbocycles. The lowest BCUT2D eigenvalue weighted by Gasteiger charge is -2.26. The second-order valence-corrected chi connectivity index (χ2v) is 7.98. The van der Waals surface area contributed by atoms with E-state index in [0.717, 1.165) is 46.7 Å². The molecule has 1 aliphatic rings. The van der Waals surface area contributed by atoms with Gasteiger partial charge in [-0.25, -0.2) is 0 Å². The summed E-state index contributed by atoms with van der Waals surface area (Å²) in [5.41, 5.74) is 11.4. The molecule has 5 nitrogen and oxygen atoms in total. The summed E-state index contributed by atoms with van der Waals surface area (Å²) in [7, 11) is 0. The summed E-state index contributed by atoms with van der Waals surface area (Å²) >= 11 is 0. The van der Waals surface area contributed by atoms with E-state index < -0.39 is 0 Å². The zero-order chi connectivity index (χ0) is 22.3. The number of fused-ring (bicyclic) bond motifs is 1. The lowest BCUT2D eigenvalue weighted by molar-refractivity contribution is -0.130. The van der Waals surface area contributed by atoms with Gasteiger partial charge in [-0.05, 0) is 54.4 Å². The van der Waals surface area contributed by atoms with Crippen molar-refractivity contribution in [2.75, 3.05) is 29.5 Å². The molecule has 0 aromatic heterocycles. The van der Waals surface area contributed by atoms with Crippen LogP contribution in [0.5, 0.6) is 0 Å². The molecule has 4 N–H and O–H groups in total. The summed E-state index contributed by atoms with van der Waals surface area (Å²) in [6, 6.07) is 23.5. The summed E-state index contributed by atoms with van der Waals surface area (Å²) in [5.74, 6) is 6.53. The largest absolute Gasteiger partial charge is 0.399 e. The average molecular weight is 425 g/mol. The number of anilines is 3. The summed E-state index contributed by atoms with van der Waals surface area (Å²) in [5, 5.41) is 6.98. The third kappa shape index (κ3) is 5.41. The Morgan fingerprint density at radius 1 is 0.938 bits per heavy atom. The standard InChI is InChI=1S/C27H28N4O/c1-2-16-31(27(32)18-21-6-4-3-5-7-21)19-26-29-24-15-12-22(17-25(24)30-26)9-8-20-10-13-23(28)14-11-20/h3-7,10-15,17,26,29-30H,2,16,18-19,28H2,1H3. The quantitative estimate of drug-likeness (QED) is 0.407. The normalized spacial score (nSPS) is 13.8. The number of hydrogen-bond acceptors (Lipinski definition) is 4. The number of benzene rings is 3. The monoisotopic (exact) mass is 424 g/mol. The molecule has 0 spiro atoms. The molecule has 1 unspecified atom stereocenters. The van der Waals surface area contributed by atoms with Gasteiger partial charge in [0.25, 0.3) is 0 Å². The number of carbonyl (C=O) groups is 1. The third-order valence-electron chi connectivity index (χ3n) is 5.39. The fourth-order valence-corrected chi connectivity index (χ4v) is 3.77. The van der Waals surface area contributed by atoms with Gasteiger partial charge in [-0.1, -0.05) is 49.1 Å². The van der Waals surface area contributed by atoms with E-state index in [1.54, 1.807) is 0 Å². The number of rotatable bonds is 6. The molecule has 0 radical (unpaired) electrons. The van der Waals surface area contributed by atoms with E-state index in [1.807, 2.05) is 77.7 Å². The van der Waals surface area contributed by atoms with Crippen LogP contribution in [0.1, 0.15) is 30.0 Å². The Balaban J connectivity index is 1.40. The molecule has 0 saturated carbocycles. The van der Waals surface area contributed by atoms with Crippen molar-refractivity contribution in [3.05, 3.63) is 89.5 Å². The topological polar surface area (TPSA) is 70.4 Å². The molecule has 1 atom stereocenters. The molecule has 1 aliphatic heterocycles. The minimum absolute atomic E-state index is 0.0309. The minimum atomic E-state index is -0.0309. The second-order valence-electron chi connectivity index (χ2n) is 7.98. The number of nitrogen functional groups attached to an aromatic ring is 1. The highest BCUT2D eigenvalue weighted by Crippen LogP contribution is 2.30. The van der Waals surface area contributed by atoms with Crippen LogP contribution in [0, 0.1) is 11.8 Å². The van der Waals surface area contributed by atoms with Gasteiger partial charge in [0.2, 0.25) is 5.91 Å². The molecule has 162 valence electrons. The number of hydrogen-bond donors (Lipinski definition) is 3. The molecule has 3 aromatic carbocycles. The first-order valence-electron chi connectivity index (χ1n) is 11.0. The maximum Gasteiger partial charge on any atom is 0.227 e. The fraction of sp³-hybridized carbons (Fsp3) is 0.222. The van der Waals surface area contributed by atoms with Crippen molar-refractivity contribution in [1.82, 2.24) is 4.90 Å². The highest BCUT2D eigenvalue weighted by Gasteiger charge is 2.24. The van der Waals surface area contributed by atoms with Crippen LogP contribution < -0.4 is 16.4 Å². The van der Waals surface area contributed by atoms with E-state index in [-0.39, 0.29) is 12.1 Å². The van der Waals surface area contributed by atoms with Crippen molar-refractivity contribution in [2.45, 2.75) is 25.9 Å². The summed E-state index contributed by atoms with van der Waals surface area (Å²) in [6.45, 7) is 3.43. The molecule has 0 fully saturated rings. The van der Waals surface area contributed by atoms with E-state index in [9.17, 15) is 4.79 Å². The summed E-state index contributed by atoms with van der Waals surface area (Å²) in [4.78, 5) is 14.8. The Morgan fingerprint density at radius 2 is 1.62 bits per heavy atom. The van der Waals surface area contributed by atoms with Gasteiger partial charge in [0.05, 0.1) is 24.3 Å². The van der Waals surface area contributed by atoms with Crippen LogP contribution in [0.25, 0.3) is 0 Å². The highest BCUT2D eigenvalue weighted by molar-refractivity contribution is 5.80. The van der Waals surface area contributed by atoms with Crippen molar-refractivity contribution >= 4 is 23.0 Å². The molecule has 5 heteroatoms. The van der Waals surface area contributed by atoms with Gasteiger partial charge in [-0.2, -0.15) is 0 Å². The number of amides is 1. The first-order valence-corrected chi connectivity index (χ1v) is 11.0. The first kappa shape index (κ1) is 21.3. The molecule has 1 heterocycles. The van der Waals surface area contributed by atoms with Gasteiger partial charge < -0.3 is 21.3 Å². The zero-order valence-electron chi connectivity index (χ0n) is 18.3. The molecule has 0 saturated heterocycles. The second kappa shape index (κ2) is 9.93. The zero-order valence-corrected chi connectivity index (χ0v) is 18.3. The van der Waals surface area contributed by atoms with Gasteiger partial charge >= 0.3 is 0 Å². The molecule has 1 amide bonds. The molecular formula is C27H28N4O. The Labute approximate surface area is 189 Å². The van der Waals surface area contributed by atoms with Crippen LogP contribution in [0.3, 0.4) is 0 Å². The SMILES string of the molecule is CCCN(CC1Nc2ccc(C#Cc3ccc(N)cc3)cc2N1)C(=O)Cc1ccccc1. The van der Waals surface area contributed by atoms with E-state index in [2.05, 4.69) is 29.4 Å². The highest BCUT2D eigenvalue weighted by atomic mass is 16.2. The fourth-order valence-electron chi connectivity index (χ4n) is 3.77. The predicted octanol–water partition coefficient (Wildman–Crippen LogP) is 4.31. The van der Waals surface area contributed by atoms with Crippen LogP contribution in [-0.4, -0.2) is 30.1 Å². The average Bonchev–Trinajstić information content (AvgIpc) is 3.21. The van der Waals surface area contributed by atoms with Crippen LogP contribution >= 0.6 is 0 Å². The van der Waals surface area contributed by atoms with E-state index in [4.69, 9.17) is 5.73 Å². The summed E-state index contributed by atoms with van der Waals surface area (Å²) in [6.07, 6.45) is 1.31. The van der Waals surface area contributed by atoms with Crippen LogP contribution in [0.2, 0.25) is 0 Å². The van der Waals surface area contributed by atoms with Gasteiger partial charge in [-0.3, -0.25) is 4.79 Å². The Bertz CT molecular complexity index is 1130. The maximum absolute atomic E-state index is 12.9. The van der Waals surface area contributed by atoms with Crippen LogP contribution in [0.15, 0.2) is 72.8 Å². The maximum atomic E-state index is 12.9. The van der Waals surface area contributed by atoms with Gasteiger partial charge in [0.1, 0.15) is 6.17 Å². The van der Waals surface area contributed by atoms with E-state index >= 15 is 0 Å². The van der Waals surface area contributed by atoms with Gasteiger partial charge in [0.15, 0.2) is 0 Å². The van der Waals surface area contributed by atoms with Gasteiger partial charge in [-0.15, -0.1) is 0 Å². The molecule has 3 aromatic rings. The number of nitrogens with two attached hydrogens (primary N) is 1. The Hall–Kier alpha value is -3.91. The molecule has 0 bridgehead atoms. The molecular weight excluding hydrogens is 396 g/mol. The smallest absolute Gasteiger partial charge is 0.227 e. The van der Waals surface area contributed by atoms with Crippen molar-refractivity contribution in [3.63, 3.8) is 0 Å². The van der Waals surface area contributed by atoms with Gasteiger partial charge in [0, 0.05) is 23.4 Å². The number of carbonyl (C=O) groups excluding carboxylic acids is 1. The minimum Gasteiger partial charge on any atom is -0.399 e. The lowest BCUT2D eigenvalue weighted by atomic mass is 10.1. The predicted molar refractivity (Wildman–Crippen MR) is 131 cm³/mol.